The maximum Gasteiger partial charge on any atom is 1.00 e. The molecule has 2 aliphatic rings. The van der Waals surface area contributed by atoms with Gasteiger partial charge in [0, 0.05) is 110 Å². The van der Waals surface area contributed by atoms with Crippen molar-refractivity contribution in [2.24, 2.45) is 10.2 Å². The number of hydrogen-bond donors (Lipinski definition) is 2. The van der Waals surface area contributed by atoms with Crippen molar-refractivity contribution >= 4 is 80.9 Å². The number of pyridine rings is 2. The zero-order valence-electron chi connectivity index (χ0n) is 78.5. The minimum absolute atomic E-state index is 0. The second-order valence-corrected chi connectivity index (χ2v) is 32.5. The van der Waals surface area contributed by atoms with Crippen LogP contribution in [0.5, 0.6) is 11.5 Å². The number of carbonyl (C=O) groups excluding carboxylic acids is 7. The van der Waals surface area contributed by atoms with Gasteiger partial charge in [-0.1, -0.05) is 119 Å². The third-order valence-electron chi connectivity index (χ3n) is 21.5. The maximum absolute atomic E-state index is 14.1. The first-order valence-electron chi connectivity index (χ1n) is 45.0. The normalized spacial score (nSPS) is 13.7. The van der Waals surface area contributed by atoms with Crippen LogP contribution in [0.25, 0.3) is 64.7 Å². The quantitative estimate of drug-likeness (QED) is 0.00680. The largest absolute Gasteiger partial charge is 1.00 e. The van der Waals surface area contributed by atoms with E-state index >= 15 is 0 Å². The van der Waals surface area contributed by atoms with E-state index in [0.29, 0.717) is 196 Å². The number of aliphatic carboxylic acids is 1. The van der Waals surface area contributed by atoms with Gasteiger partial charge in [-0.25, -0.2) is 14.8 Å². The summed E-state index contributed by atoms with van der Waals surface area (Å²) in [5.41, 5.74) is 23.3. The number of Topliss-reactive ketones (excluding diaryl/α,β-unsaturated/α-hetero) is 2. The number of alkyl halides is 3. The Labute approximate surface area is 802 Å². The smallest absolute Gasteiger partial charge is 0.870 e. The number of benzene rings is 6. The number of methoxy groups -OCH3 is 1. The molecule has 3 amide bonds. The number of aldehydes is 1. The van der Waals surface area contributed by atoms with E-state index in [9.17, 15) is 51.8 Å². The molecule has 730 valence electrons. The topological polar surface area (TPSA) is 443 Å². The van der Waals surface area contributed by atoms with Gasteiger partial charge in [-0.3, -0.25) is 38.5 Å². The molecule has 136 heavy (non-hydrogen) atoms. The molecule has 0 unspecified atom stereocenters. The van der Waals surface area contributed by atoms with Crippen molar-refractivity contribution in [2.75, 3.05) is 176 Å². The first kappa shape index (κ1) is 113. The molecule has 10 rings (SSSR count). The van der Waals surface area contributed by atoms with Crippen molar-refractivity contribution in [3.05, 3.63) is 201 Å². The van der Waals surface area contributed by atoms with Gasteiger partial charge < -0.3 is 82.5 Å². The number of ketones is 2. The molecule has 3 N–H and O–H groups in total. The number of carboxylic acids is 1. The summed E-state index contributed by atoms with van der Waals surface area (Å²) in [6.45, 7) is 19.1. The van der Waals surface area contributed by atoms with E-state index < -0.39 is 60.0 Å². The molecule has 34 nitrogen and oxygen atoms in total. The summed E-state index contributed by atoms with van der Waals surface area (Å²) in [7, 11) is 1.33. The fourth-order valence-electron chi connectivity index (χ4n) is 15.1. The van der Waals surface area contributed by atoms with Crippen LogP contribution < -0.4 is 38.6 Å². The van der Waals surface area contributed by atoms with Crippen LogP contribution in [-0.4, -0.2) is 267 Å². The number of carbonyl (C=O) groups is 8. The number of amides is 3. The van der Waals surface area contributed by atoms with E-state index in [2.05, 4.69) is 35.3 Å². The van der Waals surface area contributed by atoms with Crippen molar-refractivity contribution in [3.63, 3.8) is 0 Å². The molecule has 8 aromatic rings. The number of esters is 1. The van der Waals surface area contributed by atoms with Crippen LogP contribution in [-0.2, 0) is 80.9 Å². The predicted octanol–water partition coefficient (Wildman–Crippen LogP) is 13.7. The van der Waals surface area contributed by atoms with Crippen LogP contribution in [0.3, 0.4) is 0 Å². The monoisotopic (exact) mass is 1880 g/mol. The number of likely N-dealkylation sites (tertiary alicyclic amines) is 2. The van der Waals surface area contributed by atoms with Crippen LogP contribution in [0, 0.1) is 13.8 Å². The van der Waals surface area contributed by atoms with Gasteiger partial charge in [-0.05, 0) is 176 Å². The van der Waals surface area contributed by atoms with Gasteiger partial charge in [-0.15, -0.1) is 0 Å². The van der Waals surface area contributed by atoms with Crippen molar-refractivity contribution in [2.45, 2.75) is 147 Å². The third kappa shape index (κ3) is 40.3. The number of hydrogen-bond acceptors (Lipinski definition) is 26. The van der Waals surface area contributed by atoms with E-state index in [1.165, 1.54) is 12.0 Å². The summed E-state index contributed by atoms with van der Waals surface area (Å²) in [5.74, 6) is -0.117. The second kappa shape index (κ2) is 62.2. The minimum atomic E-state index is -4.64. The molecular weight excluding hydrogens is 1760 g/mol. The van der Waals surface area contributed by atoms with Gasteiger partial charge in [0.15, 0.2) is 11.6 Å². The summed E-state index contributed by atoms with van der Waals surface area (Å²) in [6, 6.07) is 46.0. The third-order valence-corrected chi connectivity index (χ3v) is 21.5. The molecule has 2 fully saturated rings. The fourth-order valence-corrected chi connectivity index (χ4v) is 15.1. The van der Waals surface area contributed by atoms with Crippen LogP contribution in [0.15, 0.2) is 168 Å². The summed E-state index contributed by atoms with van der Waals surface area (Å²) in [5, 5.41) is 23.8. The molecule has 38 heteroatoms. The van der Waals surface area contributed by atoms with Gasteiger partial charge in [0.25, 0.3) is 0 Å². The number of aryl methyl sites for hydroxylation is 2. The Morgan fingerprint density at radius 3 is 1.33 bits per heavy atom. The molecule has 2 aromatic heterocycles. The van der Waals surface area contributed by atoms with E-state index in [4.69, 9.17) is 72.7 Å². The van der Waals surface area contributed by atoms with E-state index in [1.807, 2.05) is 153 Å². The first-order chi connectivity index (χ1) is 64.8. The van der Waals surface area contributed by atoms with Crippen molar-refractivity contribution in [3.8, 4) is 33.8 Å². The zero-order valence-corrected chi connectivity index (χ0v) is 78.5. The Balaban J connectivity index is 0.000000391. The summed E-state index contributed by atoms with van der Waals surface area (Å²) in [6.07, 6.45) is 1.02. The van der Waals surface area contributed by atoms with Crippen molar-refractivity contribution < 1.29 is 138 Å². The Morgan fingerprint density at radius 2 is 0.934 bits per heavy atom. The second-order valence-electron chi connectivity index (χ2n) is 32.5. The van der Waals surface area contributed by atoms with Gasteiger partial charge in [0.2, 0.25) is 18.1 Å². The standard InChI is InChI=1S/C51H66N6O11.C45H56N6O9.C2HF3O.Li.H2O/c1-37-20-21-53-47(34-37)57(50(61)68-51(2,3)4)24-9-13-48(59)56-23-8-12-44(56)45(58)35-40(36-49(60)62-5)38-14-16-39(17-15-38)41-18-19-46(43-11-7-6-10-42(41)43)67-33-32-66-31-30-65-29-28-64-27-26-63-25-22-54-55-52;1-33-16-18-48-43(30-33)47-17-4-9-44(53)51-20-5-8-40(51)41(52)31-36(32-45(54)55)34-10-12-35(13-11-34)37-14-15-42(39-7-3-2-6-38(37)39)60-29-28-59-27-26-58-25-24-57-23-22-56-21-19-49-50-46;3-2(4,5)1-6;;/h6-7,10-11,14-21,34,40,44H,8-9,12-13,22-33,35-36H2,1-5H3;2-3,6-7,10-16,18,30,36,40H,4-5,8-9,17,19-29,31-32H2,1H3,(H,47,48)(H,54,55);1H;;1H2/q;;;+1;/p-1/t40-,44+;36-,40+;;;/m00.../s1. The van der Waals surface area contributed by atoms with E-state index in [0.717, 1.165) is 89.8 Å². The van der Waals surface area contributed by atoms with E-state index in [1.54, 1.807) is 49.0 Å². The number of rotatable bonds is 56. The number of nitrogens with zero attached hydrogens (tertiary/aromatic N) is 11. The molecular formula is C98H124F3LiN12O22. The average molecular weight is 1890 g/mol. The summed E-state index contributed by atoms with van der Waals surface area (Å²) >= 11 is 0. The molecule has 0 spiro atoms. The first-order valence-corrected chi connectivity index (χ1v) is 45.0. The van der Waals surface area contributed by atoms with Gasteiger partial charge >= 0.3 is 43.1 Å². The number of ether oxygens (including phenoxy) is 12. The molecule has 0 radical (unpaired) electrons. The molecule has 0 saturated carbocycles. The number of aromatic nitrogens is 2. The average Bonchev–Trinajstić information content (AvgIpc) is 1.04. The van der Waals surface area contributed by atoms with Crippen molar-refractivity contribution in [1.29, 1.82) is 0 Å². The Hall–Kier alpha value is -11.7. The van der Waals surface area contributed by atoms with Gasteiger partial charge in [-0.2, -0.15) is 13.2 Å². The zero-order chi connectivity index (χ0) is 96.3. The van der Waals surface area contributed by atoms with Crippen LogP contribution >= 0.6 is 0 Å². The fraction of sp³-hybridized carbons (Fsp3) is 0.490. The molecule has 0 aliphatic carbocycles. The Morgan fingerprint density at radius 1 is 0.537 bits per heavy atom. The van der Waals surface area contributed by atoms with Crippen LogP contribution in [0.2, 0.25) is 0 Å². The number of carboxylic acid groups (broad SMARTS) is 1. The molecule has 2 saturated heterocycles. The predicted molar refractivity (Wildman–Crippen MR) is 500 cm³/mol. The van der Waals surface area contributed by atoms with Gasteiger partial charge in [0.05, 0.1) is 138 Å². The van der Waals surface area contributed by atoms with Crippen LogP contribution in [0.1, 0.15) is 132 Å². The Bertz CT molecular complexity index is 5130. The summed E-state index contributed by atoms with van der Waals surface area (Å²) in [4.78, 5) is 120. The van der Waals surface area contributed by atoms with Gasteiger partial charge in [0.1, 0.15) is 41.9 Å². The number of fused-ring (bicyclic) bond motifs is 2. The number of nitrogens with one attached hydrogen (secondary N) is 1. The molecule has 2 aliphatic heterocycles. The molecule has 4 heterocycles. The molecule has 4 atom stereocenters. The maximum atomic E-state index is 14.1. The SMILES string of the molecule is COC(=O)C[C@H](CC(=O)[C@H]1CCCN1C(=O)CCCN(C(=O)OC(C)(C)C)c1cc(C)ccn1)c1ccc(-c2ccc(OCCOCCOCCOCCOCCN=[N+]=[N-])c3ccccc23)cc1.Cc1ccnc(NCCCC(=O)N2CCC[C@@H]2C(=O)C[C@@H](CC(=O)O)c2ccc(-c3ccc(OCCOCCOCCOCCOCCN=[N+]=[N-])c4ccccc34)cc2)c1.O=CC(F)(F)F.[Li+].[OH-]. The number of azide groups is 2. The number of halogens is 3. The Kier molecular flexibility index (Phi) is 51.7. The molecule has 0 bridgehead atoms. The minimum Gasteiger partial charge on any atom is -0.870 e. The molecule has 6 aromatic carbocycles. The van der Waals surface area contributed by atoms with E-state index in [-0.39, 0.29) is 86.4 Å². The van der Waals surface area contributed by atoms with Crippen LogP contribution in [0.4, 0.5) is 29.6 Å². The summed E-state index contributed by atoms with van der Waals surface area (Å²) < 4.78 is 98.2. The van der Waals surface area contributed by atoms with Crippen molar-refractivity contribution in [1.82, 2.24) is 19.8 Å². The number of anilines is 2.